The van der Waals surface area contributed by atoms with Crippen molar-refractivity contribution in [3.05, 3.63) is 18.2 Å². The summed E-state index contributed by atoms with van der Waals surface area (Å²) < 4.78 is 2.25. The topological polar surface area (TPSA) is 107 Å². The zero-order chi connectivity index (χ0) is 13.8. The van der Waals surface area contributed by atoms with E-state index in [-0.39, 0.29) is 0 Å². The zero-order valence-corrected chi connectivity index (χ0v) is 12.0. The lowest BCUT2D eigenvalue weighted by atomic mass is 10.7. The van der Waals surface area contributed by atoms with Crippen LogP contribution in [0, 0.1) is 0 Å². The molecule has 0 saturated carbocycles. The van der Waals surface area contributed by atoms with Crippen molar-refractivity contribution < 1.29 is 0 Å². The Morgan fingerprint density at radius 3 is 3.00 bits per heavy atom. The molecule has 0 radical (unpaired) electrons. The van der Waals surface area contributed by atoms with E-state index >= 15 is 0 Å². The van der Waals surface area contributed by atoms with E-state index < -0.39 is 0 Å². The van der Waals surface area contributed by atoms with Crippen LogP contribution in [0.3, 0.4) is 0 Å². The normalized spacial score (nSPS) is 10.7. The Labute approximate surface area is 121 Å². The summed E-state index contributed by atoms with van der Waals surface area (Å²) >= 11 is 2.75. The van der Waals surface area contributed by atoms with Crippen LogP contribution in [0.2, 0.25) is 0 Å². The third-order valence-corrected chi connectivity index (χ3v) is 3.72. The first-order valence-corrected chi connectivity index (χ1v) is 7.33. The average Bonchev–Trinajstić information content (AvgIpc) is 3.11. The average molecular weight is 307 g/mol. The highest BCUT2D eigenvalue weighted by Crippen LogP contribution is 2.26. The van der Waals surface area contributed by atoms with Crippen molar-refractivity contribution in [1.29, 1.82) is 0 Å². The summed E-state index contributed by atoms with van der Waals surface area (Å²) in [6.45, 7) is 2.68. The first-order valence-electron chi connectivity index (χ1n) is 5.64. The maximum atomic E-state index is 4.33. The van der Waals surface area contributed by atoms with Gasteiger partial charge in [-0.2, -0.15) is 24.7 Å². The van der Waals surface area contributed by atoms with E-state index in [0.29, 0.717) is 23.6 Å². The van der Waals surface area contributed by atoms with Crippen LogP contribution in [-0.4, -0.2) is 46.5 Å². The lowest BCUT2D eigenvalue weighted by molar-refractivity contribution is 0.758. The van der Waals surface area contributed by atoms with E-state index in [2.05, 4.69) is 40.5 Å². The molecule has 0 unspecified atom stereocenters. The first kappa shape index (κ1) is 12.9. The quantitative estimate of drug-likeness (QED) is 0.735. The van der Waals surface area contributed by atoms with Gasteiger partial charge in [-0.05, 0) is 18.7 Å². The number of aromatic nitrogens is 8. The molecule has 0 bridgehead atoms. The molecule has 3 aromatic heterocycles. The zero-order valence-electron chi connectivity index (χ0n) is 10.3. The molecule has 0 saturated heterocycles. The number of hydrogen-bond acceptors (Lipinski definition) is 10. The van der Waals surface area contributed by atoms with Gasteiger partial charge in [-0.15, -0.1) is 10.2 Å². The molecule has 0 aliphatic carbocycles. The molecule has 20 heavy (non-hydrogen) atoms. The largest absolute Gasteiger partial charge is 0.354 e. The Morgan fingerprint density at radius 1 is 1.35 bits per heavy atom. The van der Waals surface area contributed by atoms with Gasteiger partial charge in [0.15, 0.2) is 4.34 Å². The minimum Gasteiger partial charge on any atom is -0.354 e. The standard InChI is InChI=1S/C9H9N9S2/c1-2-11-6-14-7(18-4-10-3-13-18)16-8(15-6)20-9-17-12-5-19-9/h3-5H,2H2,1H3,(H,11,14,15,16). The minimum absolute atomic E-state index is 0.403. The number of anilines is 1. The SMILES string of the molecule is CCNc1nc(Sc2nncs2)nc(-n2cncn2)n1. The van der Waals surface area contributed by atoms with E-state index in [4.69, 9.17) is 0 Å². The number of nitrogens with one attached hydrogen (secondary N) is 1. The summed E-state index contributed by atoms with van der Waals surface area (Å²) in [5.41, 5.74) is 1.66. The van der Waals surface area contributed by atoms with E-state index in [1.807, 2.05) is 6.92 Å². The van der Waals surface area contributed by atoms with Gasteiger partial charge in [0.2, 0.25) is 11.1 Å². The number of hydrogen-bond donors (Lipinski definition) is 1. The van der Waals surface area contributed by atoms with E-state index in [1.54, 1.807) is 5.51 Å². The summed E-state index contributed by atoms with van der Waals surface area (Å²) in [6.07, 6.45) is 2.96. The van der Waals surface area contributed by atoms with Gasteiger partial charge in [0.25, 0.3) is 5.95 Å². The van der Waals surface area contributed by atoms with Gasteiger partial charge in [-0.1, -0.05) is 11.3 Å². The van der Waals surface area contributed by atoms with Crippen molar-refractivity contribution in [3.8, 4) is 5.95 Å². The summed E-state index contributed by atoms with van der Waals surface area (Å²) in [7, 11) is 0. The van der Waals surface area contributed by atoms with Crippen LogP contribution in [0.25, 0.3) is 5.95 Å². The van der Waals surface area contributed by atoms with Gasteiger partial charge in [0.05, 0.1) is 0 Å². The van der Waals surface area contributed by atoms with Gasteiger partial charge < -0.3 is 5.32 Å². The Balaban J connectivity index is 1.96. The molecule has 9 nitrogen and oxygen atoms in total. The molecule has 3 heterocycles. The molecule has 0 aromatic carbocycles. The fourth-order valence-electron chi connectivity index (χ4n) is 1.33. The fourth-order valence-corrected chi connectivity index (χ4v) is 2.66. The number of rotatable bonds is 5. The van der Waals surface area contributed by atoms with Crippen LogP contribution in [0.1, 0.15) is 6.92 Å². The van der Waals surface area contributed by atoms with Crippen molar-refractivity contribution in [2.45, 2.75) is 16.4 Å². The highest BCUT2D eigenvalue weighted by Gasteiger charge is 2.11. The molecule has 102 valence electrons. The van der Waals surface area contributed by atoms with Crippen LogP contribution in [0.5, 0.6) is 0 Å². The third-order valence-electron chi connectivity index (χ3n) is 2.08. The summed E-state index contributed by atoms with van der Waals surface area (Å²) in [5.74, 6) is 0.889. The van der Waals surface area contributed by atoms with Gasteiger partial charge in [0.1, 0.15) is 18.2 Å². The summed E-state index contributed by atoms with van der Waals surface area (Å²) in [6, 6.07) is 0. The Bertz CT molecular complexity index is 667. The predicted octanol–water partition coefficient (Wildman–Crippen LogP) is 0.887. The first-order chi connectivity index (χ1) is 9.85. The summed E-state index contributed by atoms with van der Waals surface area (Å²) in [5, 5.41) is 15.3. The minimum atomic E-state index is 0.403. The van der Waals surface area contributed by atoms with Crippen molar-refractivity contribution in [2.24, 2.45) is 0 Å². The van der Waals surface area contributed by atoms with E-state index in [1.165, 1.54) is 40.4 Å². The molecule has 1 N–H and O–H groups in total. The molecule has 0 spiro atoms. The van der Waals surface area contributed by atoms with Gasteiger partial charge in [0, 0.05) is 6.54 Å². The Kier molecular flexibility index (Phi) is 3.78. The second-order valence-electron chi connectivity index (χ2n) is 3.42. The van der Waals surface area contributed by atoms with Crippen molar-refractivity contribution >= 4 is 29.0 Å². The monoisotopic (exact) mass is 307 g/mol. The van der Waals surface area contributed by atoms with Crippen LogP contribution in [0.15, 0.2) is 27.7 Å². The predicted molar refractivity (Wildman–Crippen MR) is 72.9 cm³/mol. The molecular weight excluding hydrogens is 298 g/mol. The molecule has 0 aliphatic rings. The highest BCUT2D eigenvalue weighted by atomic mass is 32.2. The lowest BCUT2D eigenvalue weighted by Crippen LogP contribution is -2.09. The second-order valence-corrected chi connectivity index (χ2v) is 5.47. The fraction of sp³-hybridized carbons (Fsp3) is 0.222. The Hall–Kier alpha value is -2.14. The molecule has 3 rings (SSSR count). The molecule has 0 fully saturated rings. The third kappa shape index (κ3) is 2.88. The molecule has 0 amide bonds. The molecular formula is C9H9N9S2. The van der Waals surface area contributed by atoms with E-state index in [9.17, 15) is 0 Å². The molecule has 0 aliphatic heterocycles. The van der Waals surface area contributed by atoms with Crippen molar-refractivity contribution in [3.63, 3.8) is 0 Å². The second kappa shape index (κ2) is 5.88. The van der Waals surface area contributed by atoms with Crippen LogP contribution < -0.4 is 5.32 Å². The molecule has 11 heteroatoms. The van der Waals surface area contributed by atoms with E-state index in [0.717, 1.165) is 4.34 Å². The van der Waals surface area contributed by atoms with Gasteiger partial charge in [-0.3, -0.25) is 0 Å². The number of nitrogens with zero attached hydrogens (tertiary/aromatic N) is 8. The van der Waals surface area contributed by atoms with Crippen LogP contribution in [0.4, 0.5) is 5.95 Å². The van der Waals surface area contributed by atoms with Gasteiger partial charge >= 0.3 is 0 Å². The highest BCUT2D eigenvalue weighted by molar-refractivity contribution is 8.00. The van der Waals surface area contributed by atoms with Crippen molar-refractivity contribution in [1.82, 2.24) is 39.9 Å². The lowest BCUT2D eigenvalue weighted by Gasteiger charge is -2.05. The van der Waals surface area contributed by atoms with Crippen LogP contribution in [-0.2, 0) is 0 Å². The summed E-state index contributed by atoms with van der Waals surface area (Å²) in [4.78, 5) is 16.8. The van der Waals surface area contributed by atoms with Crippen molar-refractivity contribution in [2.75, 3.05) is 11.9 Å². The maximum absolute atomic E-state index is 4.33. The Morgan fingerprint density at radius 2 is 2.30 bits per heavy atom. The maximum Gasteiger partial charge on any atom is 0.257 e. The molecule has 3 aromatic rings. The van der Waals surface area contributed by atoms with Gasteiger partial charge in [-0.25, -0.2) is 4.98 Å². The van der Waals surface area contributed by atoms with Crippen LogP contribution >= 0.6 is 23.1 Å². The smallest absolute Gasteiger partial charge is 0.257 e. The molecule has 0 atom stereocenters.